The van der Waals surface area contributed by atoms with Gasteiger partial charge in [0.2, 0.25) is 0 Å². The van der Waals surface area contributed by atoms with Crippen LogP contribution in [0.15, 0.2) is 12.2 Å². The molecule has 2 N–H and O–H groups in total. The highest BCUT2D eigenvalue weighted by atomic mass is 16.3. The first kappa shape index (κ1) is 13.1. The van der Waals surface area contributed by atoms with Gasteiger partial charge in [-0.1, -0.05) is 19.1 Å². The summed E-state index contributed by atoms with van der Waals surface area (Å²) in [5.41, 5.74) is 0.814. The summed E-state index contributed by atoms with van der Waals surface area (Å²) in [6.45, 7) is 10.3. The molecule has 2 heteroatoms. The Balaban J connectivity index is 2.17. The van der Waals surface area contributed by atoms with Gasteiger partial charge in [-0.3, -0.25) is 0 Å². The lowest BCUT2D eigenvalue weighted by Crippen LogP contribution is -2.46. The summed E-state index contributed by atoms with van der Waals surface area (Å²) < 4.78 is 0. The fourth-order valence-electron chi connectivity index (χ4n) is 3.97. The van der Waals surface area contributed by atoms with E-state index in [1.807, 2.05) is 13.8 Å². The van der Waals surface area contributed by atoms with E-state index in [1.54, 1.807) is 0 Å². The van der Waals surface area contributed by atoms with E-state index in [4.69, 9.17) is 0 Å². The second-order valence-electron chi connectivity index (χ2n) is 7.05. The minimum Gasteiger partial charge on any atom is -0.393 e. The van der Waals surface area contributed by atoms with Crippen LogP contribution in [0.4, 0.5) is 0 Å². The Morgan fingerprint density at radius 1 is 1.41 bits per heavy atom. The fourth-order valence-corrected chi connectivity index (χ4v) is 3.97. The zero-order valence-electron chi connectivity index (χ0n) is 11.4. The van der Waals surface area contributed by atoms with E-state index >= 15 is 0 Å². The van der Waals surface area contributed by atoms with E-state index in [2.05, 4.69) is 13.5 Å². The first-order valence-corrected chi connectivity index (χ1v) is 6.80. The molecule has 2 saturated carbocycles. The molecule has 17 heavy (non-hydrogen) atoms. The predicted octanol–water partition coefficient (Wildman–Crippen LogP) is 2.89. The van der Waals surface area contributed by atoms with Crippen LogP contribution in [-0.2, 0) is 0 Å². The highest BCUT2D eigenvalue weighted by Crippen LogP contribution is 2.54. The number of hydrogen-bond acceptors (Lipinski definition) is 2. The van der Waals surface area contributed by atoms with Crippen LogP contribution < -0.4 is 0 Å². The quantitative estimate of drug-likeness (QED) is 0.690. The van der Waals surface area contributed by atoms with E-state index in [9.17, 15) is 10.2 Å². The zero-order chi connectivity index (χ0) is 12.8. The van der Waals surface area contributed by atoms with Crippen LogP contribution in [0.5, 0.6) is 0 Å². The van der Waals surface area contributed by atoms with Crippen LogP contribution in [0.1, 0.15) is 52.9 Å². The van der Waals surface area contributed by atoms with Gasteiger partial charge in [0.25, 0.3) is 0 Å². The van der Waals surface area contributed by atoms with Crippen molar-refractivity contribution in [3.8, 4) is 0 Å². The van der Waals surface area contributed by atoms with Gasteiger partial charge in [-0.2, -0.15) is 0 Å². The molecule has 0 aromatic rings. The lowest BCUT2D eigenvalue weighted by Gasteiger charge is -2.51. The molecular weight excluding hydrogens is 212 g/mol. The molecule has 2 nitrogen and oxygen atoms in total. The molecule has 0 aromatic heterocycles. The fraction of sp³-hybridized carbons (Fsp3) is 0.867. The third-order valence-electron chi connectivity index (χ3n) is 5.12. The molecule has 4 atom stereocenters. The van der Waals surface area contributed by atoms with Crippen molar-refractivity contribution in [2.45, 2.75) is 64.6 Å². The average molecular weight is 238 g/mol. The lowest BCUT2D eigenvalue weighted by molar-refractivity contribution is -0.0565. The maximum atomic E-state index is 10.2. The summed E-state index contributed by atoms with van der Waals surface area (Å²) >= 11 is 0. The molecule has 2 aliphatic carbocycles. The van der Waals surface area contributed by atoms with Gasteiger partial charge in [0, 0.05) is 0 Å². The first-order valence-electron chi connectivity index (χ1n) is 6.80. The third kappa shape index (κ3) is 2.43. The molecule has 2 fully saturated rings. The van der Waals surface area contributed by atoms with Crippen LogP contribution in [0.3, 0.4) is 0 Å². The van der Waals surface area contributed by atoms with Crippen molar-refractivity contribution in [3.05, 3.63) is 12.2 Å². The number of aliphatic hydroxyl groups is 2. The molecule has 0 spiro atoms. The van der Waals surface area contributed by atoms with E-state index < -0.39 is 5.60 Å². The molecule has 0 unspecified atom stereocenters. The predicted molar refractivity (Wildman–Crippen MR) is 69.6 cm³/mol. The average Bonchev–Trinajstić information content (AvgIpc) is 2.13. The van der Waals surface area contributed by atoms with Crippen LogP contribution in [0.2, 0.25) is 0 Å². The molecule has 0 radical (unpaired) electrons. The van der Waals surface area contributed by atoms with Crippen LogP contribution in [-0.4, -0.2) is 21.9 Å². The Hall–Kier alpha value is -0.340. The highest BCUT2D eigenvalue weighted by molar-refractivity contribution is 5.15. The van der Waals surface area contributed by atoms with Crippen LogP contribution >= 0.6 is 0 Å². The summed E-state index contributed by atoms with van der Waals surface area (Å²) in [7, 11) is 0. The summed E-state index contributed by atoms with van der Waals surface area (Å²) in [5, 5.41) is 20.1. The lowest BCUT2D eigenvalue weighted by atomic mass is 9.55. The molecule has 0 heterocycles. The summed E-state index contributed by atoms with van der Waals surface area (Å²) in [6, 6.07) is 0. The van der Waals surface area contributed by atoms with Crippen molar-refractivity contribution < 1.29 is 10.2 Å². The largest absolute Gasteiger partial charge is 0.393 e. The van der Waals surface area contributed by atoms with Crippen LogP contribution in [0.25, 0.3) is 0 Å². The van der Waals surface area contributed by atoms with Crippen molar-refractivity contribution in [3.63, 3.8) is 0 Å². The van der Waals surface area contributed by atoms with Crippen molar-refractivity contribution in [2.24, 2.45) is 17.3 Å². The Kier molecular flexibility index (Phi) is 3.16. The molecule has 0 aromatic carbocycles. The third-order valence-corrected chi connectivity index (χ3v) is 5.12. The van der Waals surface area contributed by atoms with Gasteiger partial charge in [0.1, 0.15) is 0 Å². The molecule has 0 bridgehead atoms. The van der Waals surface area contributed by atoms with E-state index in [0.717, 1.165) is 32.1 Å². The topological polar surface area (TPSA) is 40.5 Å². The normalized spacial score (nSPS) is 43.4. The maximum absolute atomic E-state index is 10.2. The second kappa shape index (κ2) is 4.10. The Bertz CT molecular complexity index is 315. The summed E-state index contributed by atoms with van der Waals surface area (Å²) in [5.74, 6) is 0.851. The van der Waals surface area contributed by atoms with Gasteiger partial charge in [-0.25, -0.2) is 0 Å². The van der Waals surface area contributed by atoms with Gasteiger partial charge in [0.05, 0.1) is 11.7 Å². The summed E-state index contributed by atoms with van der Waals surface area (Å²) in [4.78, 5) is 0. The number of aliphatic hydroxyl groups excluding tert-OH is 1. The SMILES string of the molecule is C=C1C[C@H](O)C[C@@]2(C)CC[C@@H](C(C)(C)O)C[C@H]12. The highest BCUT2D eigenvalue weighted by Gasteiger charge is 2.47. The van der Waals surface area contributed by atoms with E-state index in [-0.39, 0.29) is 11.5 Å². The standard InChI is InChI=1S/C15H26O2/c1-10-7-12(16)9-15(4)6-5-11(8-13(10)15)14(2,3)17/h11-13,16-17H,1,5-9H2,2-4H3/t11-,12+,13-,15-/m1/s1. The monoisotopic (exact) mass is 238 g/mol. The number of fused-ring (bicyclic) bond motifs is 1. The molecular formula is C15H26O2. The molecule has 2 aliphatic rings. The first-order chi connectivity index (χ1) is 7.72. The smallest absolute Gasteiger partial charge is 0.0620 e. The van der Waals surface area contributed by atoms with Gasteiger partial charge in [-0.05, 0) is 63.2 Å². The van der Waals surface area contributed by atoms with Crippen molar-refractivity contribution in [1.82, 2.24) is 0 Å². The molecule has 0 aliphatic heterocycles. The van der Waals surface area contributed by atoms with Gasteiger partial charge in [-0.15, -0.1) is 0 Å². The van der Waals surface area contributed by atoms with Crippen molar-refractivity contribution in [1.29, 1.82) is 0 Å². The maximum Gasteiger partial charge on any atom is 0.0620 e. The zero-order valence-corrected chi connectivity index (χ0v) is 11.4. The molecule has 2 rings (SSSR count). The van der Waals surface area contributed by atoms with Gasteiger partial charge < -0.3 is 10.2 Å². The molecule has 0 saturated heterocycles. The Morgan fingerprint density at radius 2 is 2.06 bits per heavy atom. The minimum atomic E-state index is -0.586. The summed E-state index contributed by atoms with van der Waals surface area (Å²) in [6.07, 6.45) is 4.64. The van der Waals surface area contributed by atoms with E-state index in [1.165, 1.54) is 5.57 Å². The second-order valence-corrected chi connectivity index (χ2v) is 7.05. The Morgan fingerprint density at radius 3 is 2.65 bits per heavy atom. The van der Waals surface area contributed by atoms with E-state index in [0.29, 0.717) is 11.8 Å². The van der Waals surface area contributed by atoms with Gasteiger partial charge in [0.15, 0.2) is 0 Å². The Labute approximate surface area is 105 Å². The van der Waals surface area contributed by atoms with Crippen molar-refractivity contribution in [2.75, 3.05) is 0 Å². The van der Waals surface area contributed by atoms with Crippen LogP contribution in [0, 0.1) is 17.3 Å². The van der Waals surface area contributed by atoms with Gasteiger partial charge >= 0.3 is 0 Å². The molecule has 98 valence electrons. The minimum absolute atomic E-state index is 0.205. The number of rotatable bonds is 1. The van der Waals surface area contributed by atoms with Crippen molar-refractivity contribution >= 4 is 0 Å². The molecule has 0 amide bonds. The number of hydrogen-bond donors (Lipinski definition) is 2.